The summed E-state index contributed by atoms with van der Waals surface area (Å²) in [6.07, 6.45) is 1.44. The van der Waals surface area contributed by atoms with E-state index in [1.807, 2.05) is 6.07 Å². The van der Waals surface area contributed by atoms with Crippen molar-refractivity contribution in [1.29, 1.82) is 0 Å². The maximum Gasteiger partial charge on any atom is 0.221 e. The number of nitrogens with zero attached hydrogens (tertiary/aromatic N) is 2. The fourth-order valence-electron chi connectivity index (χ4n) is 2.42. The third-order valence-corrected chi connectivity index (χ3v) is 4.93. The van der Waals surface area contributed by atoms with Gasteiger partial charge in [-0.3, -0.25) is 4.98 Å². The monoisotopic (exact) mass is 350 g/mol. The molecule has 1 aliphatic rings. The van der Waals surface area contributed by atoms with E-state index in [-0.39, 0.29) is 5.75 Å². The molecule has 24 heavy (non-hydrogen) atoms. The summed E-state index contributed by atoms with van der Waals surface area (Å²) in [6, 6.07) is 5.41. The molecule has 0 amide bonds. The first-order chi connectivity index (χ1) is 11.6. The van der Waals surface area contributed by atoms with E-state index >= 15 is 0 Å². The van der Waals surface area contributed by atoms with Gasteiger partial charge >= 0.3 is 0 Å². The molecule has 0 radical (unpaired) electrons. The molecule has 0 bridgehead atoms. The van der Waals surface area contributed by atoms with Crippen LogP contribution < -0.4 is 9.47 Å². The van der Waals surface area contributed by atoms with Crippen molar-refractivity contribution in [1.82, 2.24) is 9.97 Å². The van der Waals surface area contributed by atoms with Crippen molar-refractivity contribution in [3.05, 3.63) is 36.8 Å². The minimum absolute atomic E-state index is 0.284. The zero-order valence-electron chi connectivity index (χ0n) is 12.9. The van der Waals surface area contributed by atoms with Crippen molar-refractivity contribution in [2.45, 2.75) is 23.7 Å². The molecular weight excluding hydrogens is 332 g/mol. The zero-order valence-corrected chi connectivity index (χ0v) is 13.8. The van der Waals surface area contributed by atoms with Crippen LogP contribution in [0, 0.1) is 0 Å². The SMILES string of the molecule is COc1ncccc1-c1cncc(O[C@H]2SC[C@@H](O)[C@H](O)[C@H]2O)c1. The number of hydrogen-bond donors (Lipinski definition) is 3. The fourth-order valence-corrected chi connectivity index (χ4v) is 3.54. The van der Waals surface area contributed by atoms with Gasteiger partial charge in [0, 0.05) is 29.3 Å². The lowest BCUT2D eigenvalue weighted by atomic mass is 10.1. The van der Waals surface area contributed by atoms with Gasteiger partial charge in [0.15, 0.2) is 5.44 Å². The van der Waals surface area contributed by atoms with Crippen molar-refractivity contribution in [3.8, 4) is 22.8 Å². The smallest absolute Gasteiger partial charge is 0.221 e. The lowest BCUT2D eigenvalue weighted by molar-refractivity contribution is -0.0786. The molecule has 2 aromatic heterocycles. The Morgan fingerprint density at radius 2 is 2.04 bits per heavy atom. The molecule has 0 saturated carbocycles. The molecule has 3 N–H and O–H groups in total. The second-order valence-electron chi connectivity index (χ2n) is 5.34. The summed E-state index contributed by atoms with van der Waals surface area (Å²) in [5.41, 5.74) is 0.842. The van der Waals surface area contributed by atoms with Gasteiger partial charge in [0.1, 0.15) is 18.0 Å². The average Bonchev–Trinajstić information content (AvgIpc) is 2.62. The van der Waals surface area contributed by atoms with Gasteiger partial charge < -0.3 is 24.8 Å². The quantitative estimate of drug-likeness (QED) is 0.740. The number of hydrogen-bond acceptors (Lipinski definition) is 8. The summed E-state index contributed by atoms with van der Waals surface area (Å²) in [6.45, 7) is 0. The summed E-state index contributed by atoms with van der Waals surface area (Å²) >= 11 is 1.24. The van der Waals surface area contributed by atoms with Crippen molar-refractivity contribution in [2.75, 3.05) is 12.9 Å². The molecular formula is C16H18N2O5S. The van der Waals surface area contributed by atoms with Gasteiger partial charge in [-0.25, -0.2) is 4.98 Å². The lowest BCUT2D eigenvalue weighted by Crippen LogP contribution is -2.50. The second kappa shape index (κ2) is 7.35. The predicted molar refractivity (Wildman–Crippen MR) is 88.9 cm³/mol. The van der Waals surface area contributed by atoms with Crippen LogP contribution in [0.25, 0.3) is 11.1 Å². The number of aromatic nitrogens is 2. The molecule has 4 atom stereocenters. The molecule has 7 nitrogen and oxygen atoms in total. The van der Waals surface area contributed by atoms with Crippen molar-refractivity contribution in [2.24, 2.45) is 0 Å². The maximum atomic E-state index is 10.0. The summed E-state index contributed by atoms with van der Waals surface area (Å²) in [7, 11) is 1.54. The van der Waals surface area contributed by atoms with Crippen LogP contribution in [0.5, 0.6) is 11.6 Å². The van der Waals surface area contributed by atoms with Gasteiger partial charge in [-0.05, 0) is 18.2 Å². The molecule has 3 rings (SSSR count). The number of thioether (sulfide) groups is 1. The Balaban J connectivity index is 1.81. The Bertz CT molecular complexity index is 702. The van der Waals surface area contributed by atoms with Crippen LogP contribution in [-0.4, -0.2) is 61.9 Å². The van der Waals surface area contributed by atoms with E-state index in [0.29, 0.717) is 11.6 Å². The Hall–Kier alpha value is -1.87. The number of rotatable bonds is 4. The molecule has 128 valence electrons. The first kappa shape index (κ1) is 17.0. The fraction of sp³-hybridized carbons (Fsp3) is 0.375. The minimum atomic E-state index is -1.23. The van der Waals surface area contributed by atoms with Crippen molar-refractivity contribution in [3.63, 3.8) is 0 Å². The lowest BCUT2D eigenvalue weighted by Gasteiger charge is -2.34. The van der Waals surface area contributed by atoms with Gasteiger partial charge in [-0.1, -0.05) is 0 Å². The highest BCUT2D eigenvalue weighted by molar-refractivity contribution is 7.99. The molecule has 3 heterocycles. The topological polar surface area (TPSA) is 105 Å². The summed E-state index contributed by atoms with van der Waals surface area (Å²) in [5.74, 6) is 1.20. The molecule has 1 aliphatic heterocycles. The molecule has 0 aromatic carbocycles. The molecule has 8 heteroatoms. The normalized spacial score (nSPS) is 26.8. The molecule has 1 fully saturated rings. The molecule has 0 aliphatic carbocycles. The second-order valence-corrected chi connectivity index (χ2v) is 6.47. The Kier molecular flexibility index (Phi) is 5.20. The van der Waals surface area contributed by atoms with E-state index in [0.717, 1.165) is 11.1 Å². The number of methoxy groups -OCH3 is 1. The maximum absolute atomic E-state index is 10.0. The Morgan fingerprint density at radius 3 is 2.83 bits per heavy atom. The zero-order chi connectivity index (χ0) is 17.1. The van der Waals surface area contributed by atoms with E-state index < -0.39 is 23.7 Å². The summed E-state index contributed by atoms with van der Waals surface area (Å²) in [4.78, 5) is 8.30. The molecule has 0 spiro atoms. The van der Waals surface area contributed by atoms with Crippen LogP contribution in [0.15, 0.2) is 36.8 Å². The van der Waals surface area contributed by atoms with E-state index in [1.165, 1.54) is 18.0 Å². The van der Waals surface area contributed by atoms with Gasteiger partial charge in [0.05, 0.1) is 19.4 Å². The number of aliphatic hydroxyl groups excluding tert-OH is 3. The number of pyridine rings is 2. The molecule has 2 aromatic rings. The van der Waals surface area contributed by atoms with Gasteiger partial charge in [0.2, 0.25) is 5.88 Å². The van der Waals surface area contributed by atoms with E-state index in [1.54, 1.807) is 31.6 Å². The average molecular weight is 350 g/mol. The highest BCUT2D eigenvalue weighted by Crippen LogP contribution is 2.32. The van der Waals surface area contributed by atoms with Crippen molar-refractivity contribution >= 4 is 11.8 Å². The van der Waals surface area contributed by atoms with Crippen molar-refractivity contribution < 1.29 is 24.8 Å². The van der Waals surface area contributed by atoms with E-state index in [2.05, 4.69) is 9.97 Å². The number of ether oxygens (including phenoxy) is 2. The van der Waals surface area contributed by atoms with Crippen LogP contribution >= 0.6 is 11.8 Å². The molecule has 1 saturated heterocycles. The highest BCUT2D eigenvalue weighted by Gasteiger charge is 2.38. The van der Waals surface area contributed by atoms with Crippen LogP contribution in [0.3, 0.4) is 0 Å². The predicted octanol–water partition coefficient (Wildman–Crippen LogP) is 0.687. The van der Waals surface area contributed by atoms with Crippen LogP contribution in [-0.2, 0) is 0 Å². The summed E-state index contributed by atoms with van der Waals surface area (Å²) in [5, 5.41) is 29.4. The van der Waals surface area contributed by atoms with Crippen LogP contribution in [0.1, 0.15) is 0 Å². The van der Waals surface area contributed by atoms with Crippen LogP contribution in [0.2, 0.25) is 0 Å². The van der Waals surface area contributed by atoms with Gasteiger partial charge in [-0.2, -0.15) is 0 Å². The molecule has 0 unspecified atom stereocenters. The summed E-state index contributed by atoms with van der Waals surface area (Å²) < 4.78 is 11.0. The first-order valence-electron chi connectivity index (χ1n) is 7.37. The Labute approximate surface area is 143 Å². The first-order valence-corrected chi connectivity index (χ1v) is 8.42. The number of aliphatic hydroxyl groups is 3. The largest absolute Gasteiger partial charge is 0.481 e. The third kappa shape index (κ3) is 3.46. The Morgan fingerprint density at radius 1 is 1.21 bits per heavy atom. The highest BCUT2D eigenvalue weighted by atomic mass is 32.2. The standard InChI is InChI=1S/C16H18N2O5S/c1-22-15-11(3-2-4-18-15)9-5-10(7-17-6-9)23-16-14(21)13(20)12(19)8-24-16/h2-7,12-14,16,19-21H,8H2,1H3/t12-,13+,14-,16+/m1/s1. The minimum Gasteiger partial charge on any atom is -0.481 e. The van der Waals surface area contributed by atoms with Crippen LogP contribution in [0.4, 0.5) is 0 Å². The third-order valence-electron chi connectivity index (χ3n) is 3.70. The van der Waals surface area contributed by atoms with E-state index in [9.17, 15) is 15.3 Å². The van der Waals surface area contributed by atoms with Gasteiger partial charge in [0.25, 0.3) is 0 Å². The van der Waals surface area contributed by atoms with E-state index in [4.69, 9.17) is 9.47 Å². The van der Waals surface area contributed by atoms with Gasteiger partial charge in [-0.15, -0.1) is 11.8 Å².